The van der Waals surface area contributed by atoms with Gasteiger partial charge in [0.25, 0.3) is 0 Å². The maximum atomic E-state index is 11.8. The monoisotopic (exact) mass is 322 g/mol. The average molecular weight is 322 g/mol. The number of rotatable bonds is 5. The predicted molar refractivity (Wildman–Crippen MR) is 90.0 cm³/mol. The molecule has 2 unspecified atom stereocenters. The van der Waals surface area contributed by atoms with Gasteiger partial charge in [0, 0.05) is 32.4 Å². The molecular formula is C17H30N4O2. The Morgan fingerprint density at radius 3 is 2.78 bits per heavy atom. The zero-order chi connectivity index (χ0) is 16.9. The maximum Gasteiger partial charge on any atom is 0.407 e. The lowest BCUT2D eigenvalue weighted by Gasteiger charge is -2.32. The van der Waals surface area contributed by atoms with Gasteiger partial charge < -0.3 is 15.4 Å². The first kappa shape index (κ1) is 17.8. The number of hydrogen-bond acceptors (Lipinski definition) is 4. The van der Waals surface area contributed by atoms with Gasteiger partial charge in [-0.25, -0.2) is 4.79 Å². The highest BCUT2D eigenvalue weighted by Crippen LogP contribution is 2.24. The van der Waals surface area contributed by atoms with Gasteiger partial charge in [-0.15, -0.1) is 0 Å². The molecule has 23 heavy (non-hydrogen) atoms. The van der Waals surface area contributed by atoms with Crippen LogP contribution in [0.4, 0.5) is 4.79 Å². The topological polar surface area (TPSA) is 68.2 Å². The second-order valence-electron chi connectivity index (χ2n) is 7.36. The standard InChI is InChI=1S/C17H30N4O2/c1-17(2,3)23-16(22)19-11-13-7-5-6-8-15(13)18-12-14-9-10-20-21(14)4/h9-10,13,15,18H,5-8,11-12H2,1-4H3,(H,19,22). The summed E-state index contributed by atoms with van der Waals surface area (Å²) in [7, 11) is 1.96. The van der Waals surface area contributed by atoms with Crippen molar-refractivity contribution in [1.82, 2.24) is 20.4 Å². The molecule has 0 spiro atoms. The lowest BCUT2D eigenvalue weighted by Crippen LogP contribution is -2.45. The minimum Gasteiger partial charge on any atom is -0.444 e. The van der Waals surface area contributed by atoms with Crippen molar-refractivity contribution in [2.45, 2.75) is 64.6 Å². The highest BCUT2D eigenvalue weighted by atomic mass is 16.6. The van der Waals surface area contributed by atoms with Crippen molar-refractivity contribution < 1.29 is 9.53 Å². The molecule has 1 aromatic heterocycles. The molecule has 0 saturated heterocycles. The van der Waals surface area contributed by atoms with E-state index in [1.165, 1.54) is 18.5 Å². The van der Waals surface area contributed by atoms with Gasteiger partial charge in [-0.1, -0.05) is 12.8 Å². The van der Waals surface area contributed by atoms with Crippen LogP contribution < -0.4 is 10.6 Å². The van der Waals surface area contributed by atoms with Gasteiger partial charge in [0.2, 0.25) is 0 Å². The Balaban J connectivity index is 1.81. The first-order valence-corrected chi connectivity index (χ1v) is 8.52. The smallest absolute Gasteiger partial charge is 0.407 e. The number of aryl methyl sites for hydroxylation is 1. The Labute approximate surface area is 139 Å². The SMILES string of the molecule is Cn1nccc1CNC1CCCCC1CNC(=O)OC(C)(C)C. The van der Waals surface area contributed by atoms with Gasteiger partial charge >= 0.3 is 6.09 Å². The number of aromatic nitrogens is 2. The molecule has 6 nitrogen and oxygen atoms in total. The summed E-state index contributed by atoms with van der Waals surface area (Å²) in [6.07, 6.45) is 6.25. The summed E-state index contributed by atoms with van der Waals surface area (Å²) in [5, 5.41) is 10.8. The van der Waals surface area contributed by atoms with E-state index >= 15 is 0 Å². The molecule has 0 aromatic carbocycles. The first-order valence-electron chi connectivity index (χ1n) is 8.52. The summed E-state index contributed by atoms with van der Waals surface area (Å²) in [6, 6.07) is 2.46. The highest BCUT2D eigenvalue weighted by Gasteiger charge is 2.26. The van der Waals surface area contributed by atoms with Crippen molar-refractivity contribution in [2.24, 2.45) is 13.0 Å². The second kappa shape index (κ2) is 7.81. The van der Waals surface area contributed by atoms with Gasteiger partial charge in [0.1, 0.15) is 5.60 Å². The molecule has 130 valence electrons. The van der Waals surface area contributed by atoms with Crippen LogP contribution in [0.2, 0.25) is 0 Å². The number of alkyl carbamates (subject to hydrolysis) is 1. The van der Waals surface area contributed by atoms with Crippen LogP contribution in [0.3, 0.4) is 0 Å². The molecule has 0 radical (unpaired) electrons. The van der Waals surface area contributed by atoms with Crippen molar-refractivity contribution in [3.8, 4) is 0 Å². The summed E-state index contributed by atoms with van der Waals surface area (Å²) in [6.45, 7) is 7.12. The molecule has 2 N–H and O–H groups in total. The molecule has 1 aliphatic carbocycles. The Morgan fingerprint density at radius 1 is 1.39 bits per heavy atom. The molecule has 0 aliphatic heterocycles. The summed E-state index contributed by atoms with van der Waals surface area (Å²) in [4.78, 5) is 11.8. The molecule has 2 rings (SSSR count). The van der Waals surface area contributed by atoms with Crippen molar-refractivity contribution in [3.63, 3.8) is 0 Å². The van der Waals surface area contributed by atoms with Crippen LogP contribution in [0.1, 0.15) is 52.1 Å². The summed E-state index contributed by atoms with van der Waals surface area (Å²) in [5.41, 5.74) is 0.725. The van der Waals surface area contributed by atoms with E-state index in [2.05, 4.69) is 15.7 Å². The molecule has 1 aliphatic rings. The zero-order valence-electron chi connectivity index (χ0n) is 14.8. The van der Waals surface area contributed by atoms with Gasteiger partial charge in [0.05, 0.1) is 5.69 Å². The molecule has 2 atom stereocenters. The van der Waals surface area contributed by atoms with Crippen LogP contribution in [0.25, 0.3) is 0 Å². The lowest BCUT2D eigenvalue weighted by molar-refractivity contribution is 0.0510. The third kappa shape index (κ3) is 5.86. The molecule has 1 aromatic rings. The Morgan fingerprint density at radius 2 is 2.13 bits per heavy atom. The lowest BCUT2D eigenvalue weighted by atomic mass is 9.84. The fraction of sp³-hybridized carbons (Fsp3) is 0.765. The highest BCUT2D eigenvalue weighted by molar-refractivity contribution is 5.67. The minimum atomic E-state index is -0.451. The number of hydrogen-bond donors (Lipinski definition) is 2. The maximum absolute atomic E-state index is 11.8. The van der Waals surface area contributed by atoms with Crippen molar-refractivity contribution in [2.75, 3.05) is 6.54 Å². The summed E-state index contributed by atoms with van der Waals surface area (Å²) < 4.78 is 7.21. The predicted octanol–water partition coefficient (Wildman–Crippen LogP) is 2.59. The van der Waals surface area contributed by atoms with Gasteiger partial charge in [-0.05, 0) is 45.6 Å². The van der Waals surface area contributed by atoms with E-state index in [1.807, 2.05) is 44.8 Å². The second-order valence-corrected chi connectivity index (χ2v) is 7.36. The zero-order valence-corrected chi connectivity index (χ0v) is 14.8. The number of nitrogens with zero attached hydrogens (tertiary/aromatic N) is 2. The first-order chi connectivity index (χ1) is 10.8. The van der Waals surface area contributed by atoms with Crippen LogP contribution in [-0.4, -0.2) is 34.1 Å². The van der Waals surface area contributed by atoms with E-state index < -0.39 is 5.60 Å². The fourth-order valence-electron chi connectivity index (χ4n) is 3.06. The molecule has 1 fully saturated rings. The van der Waals surface area contributed by atoms with E-state index in [1.54, 1.807) is 0 Å². The van der Waals surface area contributed by atoms with Crippen LogP contribution >= 0.6 is 0 Å². The van der Waals surface area contributed by atoms with E-state index in [0.717, 1.165) is 19.4 Å². The van der Waals surface area contributed by atoms with E-state index in [9.17, 15) is 4.79 Å². The largest absolute Gasteiger partial charge is 0.444 e. The van der Waals surface area contributed by atoms with Gasteiger partial charge in [-0.2, -0.15) is 5.10 Å². The van der Waals surface area contributed by atoms with E-state index in [-0.39, 0.29) is 6.09 Å². The number of ether oxygens (including phenoxy) is 1. The number of carbonyl (C=O) groups is 1. The number of amides is 1. The van der Waals surface area contributed by atoms with Gasteiger partial charge in [0.15, 0.2) is 0 Å². The molecule has 1 heterocycles. The normalized spacial score (nSPS) is 21.9. The minimum absolute atomic E-state index is 0.326. The average Bonchev–Trinajstić information content (AvgIpc) is 2.87. The Kier molecular flexibility index (Phi) is 6.04. The Hall–Kier alpha value is -1.56. The number of carbonyl (C=O) groups excluding carboxylic acids is 1. The number of nitrogens with one attached hydrogen (secondary N) is 2. The third-order valence-corrected chi connectivity index (χ3v) is 4.28. The van der Waals surface area contributed by atoms with Crippen molar-refractivity contribution in [1.29, 1.82) is 0 Å². The molecule has 1 amide bonds. The van der Waals surface area contributed by atoms with Crippen molar-refractivity contribution >= 4 is 6.09 Å². The van der Waals surface area contributed by atoms with E-state index in [0.29, 0.717) is 18.5 Å². The van der Waals surface area contributed by atoms with Crippen LogP contribution in [-0.2, 0) is 18.3 Å². The molecular weight excluding hydrogens is 292 g/mol. The van der Waals surface area contributed by atoms with Crippen LogP contribution in [0.15, 0.2) is 12.3 Å². The Bertz CT molecular complexity index is 507. The fourth-order valence-corrected chi connectivity index (χ4v) is 3.06. The molecule has 6 heteroatoms. The van der Waals surface area contributed by atoms with Crippen LogP contribution in [0, 0.1) is 5.92 Å². The quantitative estimate of drug-likeness (QED) is 0.874. The van der Waals surface area contributed by atoms with Crippen molar-refractivity contribution in [3.05, 3.63) is 18.0 Å². The van der Waals surface area contributed by atoms with E-state index in [4.69, 9.17) is 4.74 Å². The van der Waals surface area contributed by atoms with Gasteiger partial charge in [-0.3, -0.25) is 4.68 Å². The molecule has 1 saturated carbocycles. The summed E-state index contributed by atoms with van der Waals surface area (Å²) >= 11 is 0. The third-order valence-electron chi connectivity index (χ3n) is 4.28. The van der Waals surface area contributed by atoms with Crippen LogP contribution in [0.5, 0.6) is 0 Å². The summed E-state index contributed by atoms with van der Waals surface area (Å²) in [5.74, 6) is 0.449. The molecule has 0 bridgehead atoms.